The summed E-state index contributed by atoms with van der Waals surface area (Å²) < 4.78 is 10.6. The SMILES string of the molecule is COc1ccc(C(N)CN(CC(C)C)C(C)C)cc1OC. The average Bonchev–Trinajstić information content (AvgIpc) is 2.45. The van der Waals surface area contributed by atoms with Crippen molar-refractivity contribution < 1.29 is 9.47 Å². The Morgan fingerprint density at radius 2 is 1.62 bits per heavy atom. The van der Waals surface area contributed by atoms with Gasteiger partial charge in [0.05, 0.1) is 14.2 Å². The summed E-state index contributed by atoms with van der Waals surface area (Å²) in [6, 6.07) is 6.34. The van der Waals surface area contributed by atoms with E-state index in [9.17, 15) is 0 Å². The third-order valence-electron chi connectivity index (χ3n) is 3.60. The molecule has 1 rings (SSSR count). The largest absolute Gasteiger partial charge is 0.493 e. The molecule has 0 saturated carbocycles. The molecule has 120 valence electrons. The van der Waals surface area contributed by atoms with Crippen LogP contribution in [0.3, 0.4) is 0 Å². The van der Waals surface area contributed by atoms with Crippen LogP contribution in [0.25, 0.3) is 0 Å². The van der Waals surface area contributed by atoms with Crippen molar-refractivity contribution in [3.63, 3.8) is 0 Å². The van der Waals surface area contributed by atoms with Gasteiger partial charge >= 0.3 is 0 Å². The summed E-state index contributed by atoms with van der Waals surface area (Å²) in [6.07, 6.45) is 0. The molecule has 1 unspecified atom stereocenters. The van der Waals surface area contributed by atoms with Gasteiger partial charge in [-0.15, -0.1) is 0 Å². The maximum Gasteiger partial charge on any atom is 0.161 e. The third-order valence-corrected chi connectivity index (χ3v) is 3.60. The van der Waals surface area contributed by atoms with Crippen molar-refractivity contribution in [1.82, 2.24) is 4.90 Å². The normalized spacial score (nSPS) is 13.0. The van der Waals surface area contributed by atoms with Gasteiger partial charge < -0.3 is 15.2 Å². The molecule has 1 aromatic carbocycles. The first kappa shape index (κ1) is 17.8. The van der Waals surface area contributed by atoms with E-state index in [4.69, 9.17) is 15.2 Å². The molecule has 0 amide bonds. The van der Waals surface area contributed by atoms with Crippen LogP contribution in [0.5, 0.6) is 11.5 Å². The Kier molecular flexibility index (Phi) is 6.99. The fraction of sp³-hybridized carbons (Fsp3) is 0.647. The molecule has 0 heterocycles. The van der Waals surface area contributed by atoms with E-state index in [1.54, 1.807) is 14.2 Å². The number of nitrogens with zero attached hydrogens (tertiary/aromatic N) is 1. The zero-order valence-corrected chi connectivity index (χ0v) is 14.2. The van der Waals surface area contributed by atoms with Gasteiger partial charge in [-0.25, -0.2) is 0 Å². The number of ether oxygens (including phenoxy) is 2. The molecule has 0 aliphatic rings. The highest BCUT2D eigenvalue weighted by Gasteiger charge is 2.17. The second-order valence-corrected chi connectivity index (χ2v) is 6.16. The second kappa shape index (κ2) is 8.25. The van der Waals surface area contributed by atoms with Gasteiger partial charge in [0.15, 0.2) is 11.5 Å². The van der Waals surface area contributed by atoms with Crippen LogP contribution in [0.1, 0.15) is 39.3 Å². The molecular formula is C17H30N2O2. The van der Waals surface area contributed by atoms with Gasteiger partial charge in [0.2, 0.25) is 0 Å². The lowest BCUT2D eigenvalue weighted by atomic mass is 10.0. The zero-order chi connectivity index (χ0) is 16.0. The molecule has 0 aliphatic heterocycles. The summed E-state index contributed by atoms with van der Waals surface area (Å²) in [6.45, 7) is 10.8. The Hall–Kier alpha value is -1.26. The Morgan fingerprint density at radius 3 is 2.10 bits per heavy atom. The van der Waals surface area contributed by atoms with E-state index in [0.29, 0.717) is 12.0 Å². The van der Waals surface area contributed by atoms with Crippen molar-refractivity contribution in [2.45, 2.75) is 39.8 Å². The fourth-order valence-electron chi connectivity index (χ4n) is 2.41. The summed E-state index contributed by atoms with van der Waals surface area (Å²) in [7, 11) is 3.28. The van der Waals surface area contributed by atoms with Crippen LogP contribution in [-0.4, -0.2) is 38.3 Å². The van der Waals surface area contributed by atoms with E-state index in [-0.39, 0.29) is 6.04 Å². The number of benzene rings is 1. The minimum absolute atomic E-state index is 0.0362. The van der Waals surface area contributed by atoms with Crippen molar-refractivity contribution >= 4 is 0 Å². The maximum atomic E-state index is 6.39. The molecule has 0 spiro atoms. The minimum Gasteiger partial charge on any atom is -0.493 e. The molecule has 2 N–H and O–H groups in total. The molecular weight excluding hydrogens is 264 g/mol. The average molecular weight is 294 g/mol. The van der Waals surface area contributed by atoms with E-state index in [0.717, 1.165) is 30.2 Å². The highest BCUT2D eigenvalue weighted by molar-refractivity contribution is 5.43. The van der Waals surface area contributed by atoms with Gasteiger partial charge in [-0.05, 0) is 37.5 Å². The maximum absolute atomic E-state index is 6.39. The van der Waals surface area contributed by atoms with E-state index >= 15 is 0 Å². The molecule has 4 nitrogen and oxygen atoms in total. The lowest BCUT2D eigenvalue weighted by Gasteiger charge is -2.31. The first-order valence-corrected chi connectivity index (χ1v) is 7.60. The second-order valence-electron chi connectivity index (χ2n) is 6.16. The summed E-state index contributed by atoms with van der Waals surface area (Å²) in [5, 5.41) is 0. The Morgan fingerprint density at radius 1 is 1.00 bits per heavy atom. The van der Waals surface area contributed by atoms with Crippen LogP contribution in [0.2, 0.25) is 0 Å². The van der Waals surface area contributed by atoms with Crippen molar-refractivity contribution in [3.05, 3.63) is 23.8 Å². The van der Waals surface area contributed by atoms with E-state index in [1.165, 1.54) is 0 Å². The van der Waals surface area contributed by atoms with Crippen molar-refractivity contribution in [3.8, 4) is 11.5 Å². The van der Waals surface area contributed by atoms with Gasteiger partial charge in [-0.3, -0.25) is 4.90 Å². The summed E-state index contributed by atoms with van der Waals surface area (Å²) >= 11 is 0. The lowest BCUT2D eigenvalue weighted by molar-refractivity contribution is 0.186. The van der Waals surface area contributed by atoms with Crippen LogP contribution in [0.15, 0.2) is 18.2 Å². The molecule has 0 aromatic heterocycles. The van der Waals surface area contributed by atoms with Crippen molar-refractivity contribution in [2.24, 2.45) is 11.7 Å². The van der Waals surface area contributed by atoms with Crippen LogP contribution < -0.4 is 15.2 Å². The molecule has 1 aromatic rings. The number of rotatable bonds is 8. The smallest absolute Gasteiger partial charge is 0.161 e. The van der Waals surface area contributed by atoms with Crippen LogP contribution in [0, 0.1) is 5.92 Å². The number of hydrogen-bond acceptors (Lipinski definition) is 4. The van der Waals surface area contributed by atoms with Gasteiger partial charge in [-0.2, -0.15) is 0 Å². The van der Waals surface area contributed by atoms with Gasteiger partial charge in [0, 0.05) is 25.2 Å². The highest BCUT2D eigenvalue weighted by Crippen LogP contribution is 2.29. The quantitative estimate of drug-likeness (QED) is 0.800. The molecule has 4 heteroatoms. The standard InChI is InChI=1S/C17H30N2O2/c1-12(2)10-19(13(3)4)11-15(18)14-7-8-16(20-5)17(9-14)21-6/h7-9,12-13,15H,10-11,18H2,1-6H3. The van der Waals surface area contributed by atoms with Crippen molar-refractivity contribution in [1.29, 1.82) is 0 Å². The van der Waals surface area contributed by atoms with E-state index in [1.807, 2.05) is 18.2 Å². The topological polar surface area (TPSA) is 47.7 Å². The predicted molar refractivity (Wildman–Crippen MR) is 88.0 cm³/mol. The molecule has 0 saturated heterocycles. The summed E-state index contributed by atoms with van der Waals surface area (Å²) in [4.78, 5) is 2.42. The highest BCUT2D eigenvalue weighted by atomic mass is 16.5. The van der Waals surface area contributed by atoms with E-state index < -0.39 is 0 Å². The molecule has 0 aliphatic carbocycles. The van der Waals surface area contributed by atoms with Crippen LogP contribution >= 0.6 is 0 Å². The molecule has 0 bridgehead atoms. The first-order chi connectivity index (χ1) is 9.88. The monoisotopic (exact) mass is 294 g/mol. The lowest BCUT2D eigenvalue weighted by Crippen LogP contribution is -2.39. The van der Waals surface area contributed by atoms with Gasteiger partial charge in [0.25, 0.3) is 0 Å². The molecule has 0 fully saturated rings. The number of hydrogen-bond donors (Lipinski definition) is 1. The molecule has 0 radical (unpaired) electrons. The zero-order valence-electron chi connectivity index (χ0n) is 14.2. The first-order valence-electron chi connectivity index (χ1n) is 7.60. The minimum atomic E-state index is -0.0362. The fourth-order valence-corrected chi connectivity index (χ4v) is 2.41. The summed E-state index contributed by atoms with van der Waals surface area (Å²) in [5.41, 5.74) is 7.46. The number of methoxy groups -OCH3 is 2. The van der Waals surface area contributed by atoms with Crippen LogP contribution in [-0.2, 0) is 0 Å². The summed E-state index contributed by atoms with van der Waals surface area (Å²) in [5.74, 6) is 2.09. The third kappa shape index (κ3) is 5.21. The Balaban J connectivity index is 2.84. The van der Waals surface area contributed by atoms with E-state index in [2.05, 4.69) is 32.6 Å². The van der Waals surface area contributed by atoms with Gasteiger partial charge in [-0.1, -0.05) is 19.9 Å². The Labute approximate surface area is 129 Å². The van der Waals surface area contributed by atoms with Gasteiger partial charge in [0.1, 0.15) is 0 Å². The molecule has 21 heavy (non-hydrogen) atoms. The van der Waals surface area contributed by atoms with Crippen LogP contribution in [0.4, 0.5) is 0 Å². The Bertz CT molecular complexity index is 433. The number of nitrogens with two attached hydrogens (primary N) is 1. The molecule has 1 atom stereocenters. The van der Waals surface area contributed by atoms with Crippen molar-refractivity contribution in [2.75, 3.05) is 27.3 Å². The predicted octanol–water partition coefficient (Wildman–Crippen LogP) is 3.07.